The smallest absolute Gasteiger partial charge is 0.293 e. The quantitative estimate of drug-likeness (QED) is 0.785. The number of sulfonamides is 1. The molecule has 0 spiro atoms. The lowest BCUT2D eigenvalue weighted by atomic mass is 10.1. The lowest BCUT2D eigenvalue weighted by Crippen LogP contribution is -2.32. The van der Waals surface area contributed by atoms with Gasteiger partial charge in [-0.2, -0.15) is 13.2 Å². The van der Waals surface area contributed by atoms with Crippen LogP contribution < -0.4 is 4.72 Å². The highest BCUT2D eigenvalue weighted by molar-refractivity contribution is 7.89. The van der Waals surface area contributed by atoms with Gasteiger partial charge in [-0.3, -0.25) is 4.79 Å². The molecule has 0 heterocycles. The molecule has 0 saturated heterocycles. The van der Waals surface area contributed by atoms with Gasteiger partial charge < -0.3 is 0 Å². The van der Waals surface area contributed by atoms with Crippen molar-refractivity contribution in [2.75, 3.05) is 12.3 Å². The number of halogens is 3. The van der Waals surface area contributed by atoms with Crippen LogP contribution in [-0.4, -0.2) is 32.7 Å². The number of hydrogen-bond acceptors (Lipinski definition) is 3. The van der Waals surface area contributed by atoms with Crippen LogP contribution >= 0.6 is 0 Å². The van der Waals surface area contributed by atoms with Crippen LogP contribution in [0.5, 0.6) is 0 Å². The van der Waals surface area contributed by atoms with Crippen molar-refractivity contribution in [1.29, 1.82) is 0 Å². The number of alkyl halides is 3. The Labute approximate surface area is 115 Å². The van der Waals surface area contributed by atoms with Gasteiger partial charge >= 0.3 is 6.18 Å². The highest BCUT2D eigenvalue weighted by Crippen LogP contribution is 2.21. The molecule has 0 amide bonds. The first-order valence-corrected chi connectivity index (χ1v) is 7.47. The van der Waals surface area contributed by atoms with E-state index in [-0.39, 0.29) is 0 Å². The van der Waals surface area contributed by atoms with Crippen LogP contribution in [-0.2, 0) is 10.0 Å². The van der Waals surface area contributed by atoms with E-state index < -0.39 is 47.1 Å². The SMILES string of the molecule is O=C(CNS(=O)(=O)CCCC(F)(F)F)c1ccccc1. The number of carbonyl (C=O) groups excluding carboxylic acids is 1. The molecule has 0 unspecified atom stereocenters. The molecule has 0 aromatic heterocycles. The average Bonchev–Trinajstić information content (AvgIpc) is 2.35. The van der Waals surface area contributed by atoms with Crippen molar-refractivity contribution in [3.8, 4) is 0 Å². The largest absolute Gasteiger partial charge is 0.389 e. The second-order valence-corrected chi connectivity index (χ2v) is 6.07. The maximum atomic E-state index is 11.9. The standard InChI is InChI=1S/C12H14F3NO3S/c13-12(14,15)7-4-8-20(18,19)16-9-11(17)10-5-2-1-3-6-10/h1-3,5-6,16H,4,7-9H2. The Balaban J connectivity index is 2.42. The van der Waals surface area contributed by atoms with Crippen LogP contribution in [0.3, 0.4) is 0 Å². The molecule has 112 valence electrons. The van der Waals surface area contributed by atoms with Crippen LogP contribution in [0.4, 0.5) is 13.2 Å². The number of hydrogen-bond donors (Lipinski definition) is 1. The van der Waals surface area contributed by atoms with Gasteiger partial charge in [-0.1, -0.05) is 30.3 Å². The molecule has 8 heteroatoms. The van der Waals surface area contributed by atoms with E-state index >= 15 is 0 Å². The molecule has 0 fully saturated rings. The van der Waals surface area contributed by atoms with E-state index in [1.165, 1.54) is 12.1 Å². The fourth-order valence-corrected chi connectivity index (χ4v) is 2.46. The van der Waals surface area contributed by atoms with Crippen LogP contribution in [0.25, 0.3) is 0 Å². The third kappa shape index (κ3) is 6.67. The highest BCUT2D eigenvalue weighted by Gasteiger charge is 2.27. The fourth-order valence-electron chi connectivity index (χ4n) is 1.44. The molecule has 4 nitrogen and oxygen atoms in total. The number of Topliss-reactive ketones (excluding diaryl/α,β-unsaturated/α-hetero) is 1. The van der Waals surface area contributed by atoms with Gasteiger partial charge in [0.15, 0.2) is 5.78 Å². The number of nitrogens with one attached hydrogen (secondary N) is 1. The summed E-state index contributed by atoms with van der Waals surface area (Å²) in [7, 11) is -3.88. The van der Waals surface area contributed by atoms with Crippen LogP contribution in [0.1, 0.15) is 23.2 Å². The van der Waals surface area contributed by atoms with Crippen molar-refractivity contribution in [3.05, 3.63) is 35.9 Å². The van der Waals surface area contributed by atoms with Gasteiger partial charge in [0.25, 0.3) is 0 Å². The van der Waals surface area contributed by atoms with E-state index in [0.29, 0.717) is 5.56 Å². The second kappa shape index (κ2) is 6.85. The lowest BCUT2D eigenvalue weighted by molar-refractivity contribution is -0.134. The van der Waals surface area contributed by atoms with Crippen molar-refractivity contribution in [1.82, 2.24) is 4.72 Å². The van der Waals surface area contributed by atoms with Crippen molar-refractivity contribution in [2.24, 2.45) is 0 Å². The molecule has 0 aliphatic rings. The first kappa shape index (κ1) is 16.6. The van der Waals surface area contributed by atoms with E-state index in [2.05, 4.69) is 0 Å². The van der Waals surface area contributed by atoms with Crippen molar-refractivity contribution < 1.29 is 26.4 Å². The van der Waals surface area contributed by atoms with Crippen LogP contribution in [0, 0.1) is 0 Å². The van der Waals surface area contributed by atoms with Gasteiger partial charge in [-0.05, 0) is 6.42 Å². The highest BCUT2D eigenvalue weighted by atomic mass is 32.2. The molecular formula is C12H14F3NO3S. The van der Waals surface area contributed by atoms with E-state index in [9.17, 15) is 26.4 Å². The molecular weight excluding hydrogens is 295 g/mol. The molecule has 1 rings (SSSR count). The maximum Gasteiger partial charge on any atom is 0.389 e. The molecule has 0 atom stereocenters. The summed E-state index contributed by atoms with van der Waals surface area (Å²) in [6.07, 6.45) is -6.08. The van der Waals surface area contributed by atoms with E-state index in [4.69, 9.17) is 0 Å². The van der Waals surface area contributed by atoms with Crippen molar-refractivity contribution in [2.45, 2.75) is 19.0 Å². The Hall–Kier alpha value is -1.41. The Morgan fingerprint density at radius 1 is 1.15 bits per heavy atom. The normalized spacial score (nSPS) is 12.3. The Morgan fingerprint density at radius 3 is 2.30 bits per heavy atom. The predicted octanol–water partition coefficient (Wildman–Crippen LogP) is 2.13. The van der Waals surface area contributed by atoms with Gasteiger partial charge in [-0.25, -0.2) is 13.1 Å². The fraction of sp³-hybridized carbons (Fsp3) is 0.417. The molecule has 20 heavy (non-hydrogen) atoms. The first-order chi connectivity index (χ1) is 9.20. The Kier molecular flexibility index (Phi) is 5.70. The van der Waals surface area contributed by atoms with Crippen molar-refractivity contribution in [3.63, 3.8) is 0 Å². The van der Waals surface area contributed by atoms with Gasteiger partial charge in [0, 0.05) is 12.0 Å². The monoisotopic (exact) mass is 309 g/mol. The minimum atomic E-state index is -4.38. The summed E-state index contributed by atoms with van der Waals surface area (Å²) in [6, 6.07) is 8.02. The molecule has 0 aliphatic carbocycles. The minimum Gasteiger partial charge on any atom is -0.293 e. The summed E-state index contributed by atoms with van der Waals surface area (Å²) in [4.78, 5) is 11.6. The van der Waals surface area contributed by atoms with Gasteiger partial charge in [-0.15, -0.1) is 0 Å². The van der Waals surface area contributed by atoms with Gasteiger partial charge in [0.2, 0.25) is 10.0 Å². The number of carbonyl (C=O) groups is 1. The molecule has 1 aromatic carbocycles. The maximum absolute atomic E-state index is 11.9. The van der Waals surface area contributed by atoms with Crippen molar-refractivity contribution >= 4 is 15.8 Å². The predicted molar refractivity (Wildman–Crippen MR) is 67.9 cm³/mol. The summed E-state index contributed by atoms with van der Waals surface area (Å²) in [6.45, 7) is -0.460. The van der Waals surface area contributed by atoms with Gasteiger partial charge in [0.1, 0.15) is 0 Å². The summed E-state index contributed by atoms with van der Waals surface area (Å²) < 4.78 is 60.5. The minimum absolute atomic E-state index is 0.338. The third-order valence-electron chi connectivity index (χ3n) is 2.42. The summed E-state index contributed by atoms with van der Waals surface area (Å²) >= 11 is 0. The van der Waals surface area contributed by atoms with Gasteiger partial charge in [0.05, 0.1) is 12.3 Å². The van der Waals surface area contributed by atoms with E-state index in [0.717, 1.165) is 0 Å². The van der Waals surface area contributed by atoms with Crippen LogP contribution in [0.15, 0.2) is 30.3 Å². The average molecular weight is 309 g/mol. The second-order valence-electron chi connectivity index (χ2n) is 4.15. The third-order valence-corrected chi connectivity index (χ3v) is 3.83. The Bertz CT molecular complexity index is 541. The summed E-state index contributed by atoms with van der Waals surface area (Å²) in [5, 5.41) is 0. The lowest BCUT2D eigenvalue weighted by Gasteiger charge is -2.08. The molecule has 0 bridgehead atoms. The number of ketones is 1. The molecule has 1 N–H and O–H groups in total. The molecule has 0 aliphatic heterocycles. The Morgan fingerprint density at radius 2 is 1.75 bits per heavy atom. The van der Waals surface area contributed by atoms with E-state index in [1.54, 1.807) is 18.2 Å². The summed E-state index contributed by atoms with van der Waals surface area (Å²) in [5.41, 5.74) is 0.338. The zero-order chi connectivity index (χ0) is 15.2. The molecule has 1 aromatic rings. The summed E-state index contributed by atoms with van der Waals surface area (Å²) in [5.74, 6) is -1.10. The molecule has 0 radical (unpaired) electrons. The van der Waals surface area contributed by atoms with Crippen LogP contribution in [0.2, 0.25) is 0 Å². The van der Waals surface area contributed by atoms with E-state index in [1.807, 2.05) is 4.72 Å². The molecule has 0 saturated carbocycles. The number of rotatable bonds is 7. The zero-order valence-corrected chi connectivity index (χ0v) is 11.3. The topological polar surface area (TPSA) is 63.2 Å². The zero-order valence-electron chi connectivity index (χ0n) is 10.5. The first-order valence-electron chi connectivity index (χ1n) is 5.82. The number of benzene rings is 1.